The van der Waals surface area contributed by atoms with Crippen LogP contribution in [0, 0.1) is 25.5 Å². The quantitative estimate of drug-likeness (QED) is 0.618. The first-order valence-corrected chi connectivity index (χ1v) is 11.1. The standard InChI is InChI=1S/C21H18F2N4O4S/c1-11-3-4-13(20-12(2)25-27-19(29)8-7-18(28)24-21(20)27)9-17(11)32(30,31)26-16-10-14(22)5-6-15(16)23/h3-6,9-10,26H,7-8H2,1-2H3,(H,24,28). The summed E-state index contributed by atoms with van der Waals surface area (Å²) in [5.41, 5.74) is 1.01. The molecule has 0 unspecified atom stereocenters. The number of hydrogen-bond donors (Lipinski definition) is 2. The highest BCUT2D eigenvalue weighted by molar-refractivity contribution is 7.92. The second-order valence-electron chi connectivity index (χ2n) is 7.37. The van der Waals surface area contributed by atoms with Crippen LogP contribution in [0.25, 0.3) is 11.1 Å². The topological polar surface area (TPSA) is 110 Å². The van der Waals surface area contributed by atoms with Gasteiger partial charge in [-0.05, 0) is 43.2 Å². The maximum atomic E-state index is 14.0. The van der Waals surface area contributed by atoms with Gasteiger partial charge in [0.05, 0.1) is 16.3 Å². The number of sulfonamides is 1. The molecule has 8 nitrogen and oxygen atoms in total. The van der Waals surface area contributed by atoms with E-state index >= 15 is 0 Å². The zero-order chi connectivity index (χ0) is 23.2. The van der Waals surface area contributed by atoms with E-state index in [2.05, 4.69) is 15.1 Å². The molecule has 0 spiro atoms. The molecular weight excluding hydrogens is 442 g/mol. The van der Waals surface area contributed by atoms with Crippen LogP contribution in [0.1, 0.15) is 28.9 Å². The van der Waals surface area contributed by atoms with Gasteiger partial charge in [0.25, 0.3) is 10.0 Å². The molecule has 32 heavy (non-hydrogen) atoms. The van der Waals surface area contributed by atoms with E-state index in [0.29, 0.717) is 22.4 Å². The van der Waals surface area contributed by atoms with Crippen LogP contribution < -0.4 is 10.0 Å². The number of fused-ring (bicyclic) bond motifs is 1. The second-order valence-corrected chi connectivity index (χ2v) is 9.02. The molecule has 4 rings (SSSR count). The third-order valence-electron chi connectivity index (χ3n) is 5.06. The molecule has 0 saturated heterocycles. The van der Waals surface area contributed by atoms with Gasteiger partial charge in [-0.25, -0.2) is 17.2 Å². The molecule has 1 aliphatic rings. The van der Waals surface area contributed by atoms with Crippen LogP contribution in [-0.4, -0.2) is 30.0 Å². The Morgan fingerprint density at radius 2 is 1.81 bits per heavy atom. The van der Waals surface area contributed by atoms with Gasteiger partial charge in [-0.1, -0.05) is 12.1 Å². The normalized spacial score (nSPS) is 14.0. The van der Waals surface area contributed by atoms with E-state index < -0.39 is 27.3 Å². The Kier molecular flexibility index (Phi) is 5.29. The predicted octanol–water partition coefficient (Wildman–Crippen LogP) is 3.62. The number of hydrogen-bond acceptors (Lipinski definition) is 5. The summed E-state index contributed by atoms with van der Waals surface area (Å²) in [5.74, 6) is -2.29. The third-order valence-corrected chi connectivity index (χ3v) is 6.57. The van der Waals surface area contributed by atoms with Crippen molar-refractivity contribution in [3.63, 3.8) is 0 Å². The number of carbonyl (C=O) groups is 2. The van der Waals surface area contributed by atoms with E-state index in [1.807, 2.05) is 0 Å². The summed E-state index contributed by atoms with van der Waals surface area (Å²) in [4.78, 5) is 24.2. The fraction of sp³-hybridized carbons (Fsp3) is 0.190. The minimum Gasteiger partial charge on any atom is -0.310 e. The molecule has 2 aromatic carbocycles. The number of rotatable bonds is 4. The van der Waals surface area contributed by atoms with Crippen molar-refractivity contribution in [2.24, 2.45) is 0 Å². The molecule has 2 heterocycles. The SMILES string of the molecule is Cc1ccc(-c2c(C)nn3c2NC(=O)CCC3=O)cc1S(=O)(=O)Nc1cc(F)ccc1F. The number of anilines is 2. The number of aryl methyl sites for hydroxylation is 2. The lowest BCUT2D eigenvalue weighted by molar-refractivity contribution is -0.116. The van der Waals surface area contributed by atoms with Crippen molar-refractivity contribution in [1.29, 1.82) is 0 Å². The van der Waals surface area contributed by atoms with Gasteiger partial charge in [0.1, 0.15) is 17.5 Å². The van der Waals surface area contributed by atoms with Crippen molar-refractivity contribution >= 4 is 33.3 Å². The molecule has 0 radical (unpaired) electrons. The minimum absolute atomic E-state index is 0.00393. The fourth-order valence-corrected chi connectivity index (χ4v) is 4.84. The summed E-state index contributed by atoms with van der Waals surface area (Å²) < 4.78 is 56.6. The molecule has 166 valence electrons. The van der Waals surface area contributed by atoms with Crippen LogP contribution in [0.4, 0.5) is 20.3 Å². The summed E-state index contributed by atoms with van der Waals surface area (Å²) in [6, 6.07) is 6.94. The van der Waals surface area contributed by atoms with Crippen molar-refractivity contribution in [2.75, 3.05) is 10.0 Å². The molecule has 3 aromatic rings. The van der Waals surface area contributed by atoms with E-state index in [0.717, 1.165) is 22.9 Å². The molecular formula is C21H18F2N4O4S. The molecule has 1 aliphatic heterocycles. The molecule has 11 heteroatoms. The van der Waals surface area contributed by atoms with Gasteiger partial charge in [0.2, 0.25) is 11.8 Å². The molecule has 0 bridgehead atoms. The molecule has 0 fully saturated rings. The first-order chi connectivity index (χ1) is 15.1. The molecule has 0 atom stereocenters. The van der Waals surface area contributed by atoms with Crippen molar-refractivity contribution in [3.05, 3.63) is 59.3 Å². The van der Waals surface area contributed by atoms with Crippen LogP contribution in [0.5, 0.6) is 0 Å². The summed E-state index contributed by atoms with van der Waals surface area (Å²) in [6.45, 7) is 3.18. The summed E-state index contributed by atoms with van der Waals surface area (Å²) in [5, 5.41) is 6.85. The van der Waals surface area contributed by atoms with Crippen molar-refractivity contribution in [1.82, 2.24) is 9.78 Å². The van der Waals surface area contributed by atoms with E-state index in [9.17, 15) is 26.8 Å². The second kappa shape index (κ2) is 7.83. The van der Waals surface area contributed by atoms with Gasteiger partial charge in [-0.15, -0.1) is 0 Å². The number of amides is 1. The number of benzene rings is 2. The lowest BCUT2D eigenvalue weighted by Gasteiger charge is -2.13. The van der Waals surface area contributed by atoms with Gasteiger partial charge in [-0.3, -0.25) is 14.3 Å². The predicted molar refractivity (Wildman–Crippen MR) is 113 cm³/mol. The van der Waals surface area contributed by atoms with Gasteiger partial charge in [0, 0.05) is 24.5 Å². The maximum Gasteiger partial charge on any atom is 0.262 e. The average molecular weight is 460 g/mol. The van der Waals surface area contributed by atoms with Crippen LogP contribution in [-0.2, 0) is 14.8 Å². The Labute approximate surface area is 182 Å². The zero-order valence-corrected chi connectivity index (χ0v) is 17.9. The highest BCUT2D eigenvalue weighted by atomic mass is 32.2. The van der Waals surface area contributed by atoms with Gasteiger partial charge in [-0.2, -0.15) is 9.78 Å². The van der Waals surface area contributed by atoms with Gasteiger partial charge in [0.15, 0.2) is 0 Å². The Bertz CT molecular complexity index is 1380. The Balaban J connectivity index is 1.82. The lowest BCUT2D eigenvalue weighted by atomic mass is 10.0. The Morgan fingerprint density at radius 3 is 2.56 bits per heavy atom. The molecule has 0 saturated carbocycles. The number of carbonyl (C=O) groups excluding carboxylic acids is 2. The van der Waals surface area contributed by atoms with Gasteiger partial charge < -0.3 is 5.32 Å². The molecule has 0 aliphatic carbocycles. The summed E-state index contributed by atoms with van der Waals surface area (Å²) in [7, 11) is -4.30. The first-order valence-electron chi connectivity index (χ1n) is 9.58. The molecule has 2 N–H and O–H groups in total. The zero-order valence-electron chi connectivity index (χ0n) is 17.1. The average Bonchev–Trinajstić information content (AvgIpc) is 2.97. The lowest BCUT2D eigenvalue weighted by Crippen LogP contribution is -2.16. The maximum absolute atomic E-state index is 14.0. The van der Waals surface area contributed by atoms with E-state index in [-0.39, 0.29) is 35.4 Å². The van der Waals surface area contributed by atoms with Crippen molar-refractivity contribution in [3.8, 4) is 11.1 Å². The van der Waals surface area contributed by atoms with Crippen molar-refractivity contribution in [2.45, 2.75) is 31.6 Å². The highest BCUT2D eigenvalue weighted by Gasteiger charge is 2.27. The first kappa shape index (κ1) is 21.6. The van der Waals surface area contributed by atoms with Crippen LogP contribution in [0.2, 0.25) is 0 Å². The van der Waals surface area contributed by atoms with Crippen LogP contribution in [0.15, 0.2) is 41.3 Å². The number of nitrogens with zero attached hydrogens (tertiary/aromatic N) is 2. The number of halogens is 2. The summed E-state index contributed by atoms with van der Waals surface area (Å²) in [6.07, 6.45) is 0.00731. The fourth-order valence-electron chi connectivity index (χ4n) is 3.51. The minimum atomic E-state index is -4.30. The van der Waals surface area contributed by atoms with E-state index in [1.165, 1.54) is 12.1 Å². The van der Waals surface area contributed by atoms with E-state index in [1.54, 1.807) is 19.9 Å². The van der Waals surface area contributed by atoms with Gasteiger partial charge >= 0.3 is 0 Å². The summed E-state index contributed by atoms with van der Waals surface area (Å²) >= 11 is 0. The molecule has 1 amide bonds. The van der Waals surface area contributed by atoms with Crippen LogP contribution in [0.3, 0.4) is 0 Å². The van der Waals surface area contributed by atoms with E-state index in [4.69, 9.17) is 0 Å². The Morgan fingerprint density at radius 1 is 1.06 bits per heavy atom. The monoisotopic (exact) mass is 460 g/mol. The highest BCUT2D eigenvalue weighted by Crippen LogP contribution is 2.35. The molecule has 1 aromatic heterocycles. The number of nitrogens with one attached hydrogen (secondary N) is 2. The van der Waals surface area contributed by atoms with Crippen LogP contribution >= 0.6 is 0 Å². The Hall–Kier alpha value is -3.60. The largest absolute Gasteiger partial charge is 0.310 e. The number of aromatic nitrogens is 2. The smallest absolute Gasteiger partial charge is 0.262 e. The van der Waals surface area contributed by atoms with Crippen molar-refractivity contribution < 1.29 is 26.8 Å². The third kappa shape index (κ3) is 3.86.